The topological polar surface area (TPSA) is 58.1 Å². The lowest BCUT2D eigenvalue weighted by molar-refractivity contribution is -0.126. The Kier molecular flexibility index (Phi) is 4.08. The van der Waals surface area contributed by atoms with Crippen LogP contribution in [0.25, 0.3) is 0 Å². The second kappa shape index (κ2) is 6.00. The van der Waals surface area contributed by atoms with Crippen LogP contribution < -0.4 is 10.2 Å². The van der Waals surface area contributed by atoms with Crippen molar-refractivity contribution < 1.29 is 4.79 Å². The van der Waals surface area contributed by atoms with Crippen molar-refractivity contribution in [3.8, 4) is 0 Å². The van der Waals surface area contributed by atoms with Gasteiger partial charge in [0.15, 0.2) is 0 Å². The summed E-state index contributed by atoms with van der Waals surface area (Å²) in [7, 11) is 0. The summed E-state index contributed by atoms with van der Waals surface area (Å²) in [6.45, 7) is 5.73. The zero-order chi connectivity index (χ0) is 14.8. The number of nitrogens with one attached hydrogen (secondary N) is 1. The van der Waals surface area contributed by atoms with E-state index in [1.165, 1.54) is 6.42 Å². The van der Waals surface area contributed by atoms with E-state index in [-0.39, 0.29) is 11.8 Å². The molecular weight excluding hydrogens is 264 g/mol. The normalized spacial score (nSPS) is 20.2. The van der Waals surface area contributed by atoms with Crippen LogP contribution in [-0.4, -0.2) is 35.0 Å². The molecule has 2 fully saturated rings. The largest absolute Gasteiger partial charge is 0.356 e. The highest BCUT2D eigenvalue weighted by molar-refractivity contribution is 5.79. The van der Waals surface area contributed by atoms with Crippen molar-refractivity contribution in [2.45, 2.75) is 52.0 Å². The number of hydrogen-bond donors (Lipinski definition) is 1. The van der Waals surface area contributed by atoms with Gasteiger partial charge in [-0.05, 0) is 46.0 Å². The van der Waals surface area contributed by atoms with Gasteiger partial charge in [0.2, 0.25) is 5.91 Å². The van der Waals surface area contributed by atoms with Crippen LogP contribution in [0, 0.1) is 19.8 Å². The number of anilines is 1. The monoisotopic (exact) mass is 288 g/mol. The molecule has 0 aromatic carbocycles. The van der Waals surface area contributed by atoms with Crippen LogP contribution in [0.2, 0.25) is 0 Å². The summed E-state index contributed by atoms with van der Waals surface area (Å²) in [5, 5.41) is 3.18. The minimum absolute atomic E-state index is 0.172. The van der Waals surface area contributed by atoms with Crippen LogP contribution in [0.5, 0.6) is 0 Å². The van der Waals surface area contributed by atoms with Crippen LogP contribution in [0.3, 0.4) is 0 Å². The minimum Gasteiger partial charge on any atom is -0.356 e. The first kappa shape index (κ1) is 14.3. The number of carbonyl (C=O) groups excluding carboxylic acids is 1. The van der Waals surface area contributed by atoms with Gasteiger partial charge in [-0.2, -0.15) is 0 Å². The molecule has 1 N–H and O–H groups in total. The molecule has 2 heterocycles. The summed E-state index contributed by atoms with van der Waals surface area (Å²) in [6, 6.07) is 2.48. The smallest absolute Gasteiger partial charge is 0.223 e. The van der Waals surface area contributed by atoms with Crippen LogP contribution in [-0.2, 0) is 4.79 Å². The van der Waals surface area contributed by atoms with E-state index in [1.54, 1.807) is 0 Å². The van der Waals surface area contributed by atoms with Gasteiger partial charge in [0.1, 0.15) is 11.6 Å². The maximum atomic E-state index is 12.2. The van der Waals surface area contributed by atoms with E-state index in [9.17, 15) is 4.79 Å². The first-order chi connectivity index (χ1) is 10.1. The average molecular weight is 288 g/mol. The summed E-state index contributed by atoms with van der Waals surface area (Å²) < 4.78 is 0. The molecule has 21 heavy (non-hydrogen) atoms. The molecule has 1 amide bonds. The Labute approximate surface area is 126 Å². The molecule has 1 saturated heterocycles. The molecule has 1 aliphatic heterocycles. The lowest BCUT2D eigenvalue weighted by Gasteiger charge is -2.34. The van der Waals surface area contributed by atoms with E-state index in [1.807, 2.05) is 19.9 Å². The second-order valence-electron chi connectivity index (χ2n) is 6.31. The molecule has 1 aromatic heterocycles. The van der Waals surface area contributed by atoms with Gasteiger partial charge in [0.25, 0.3) is 0 Å². The zero-order valence-corrected chi connectivity index (χ0v) is 12.9. The number of aryl methyl sites for hydroxylation is 2. The van der Waals surface area contributed by atoms with Crippen molar-refractivity contribution in [3.63, 3.8) is 0 Å². The van der Waals surface area contributed by atoms with Gasteiger partial charge in [-0.15, -0.1) is 0 Å². The van der Waals surface area contributed by atoms with Gasteiger partial charge in [-0.3, -0.25) is 4.79 Å². The fraction of sp³-hybridized carbons (Fsp3) is 0.688. The molecule has 0 atom stereocenters. The summed E-state index contributed by atoms with van der Waals surface area (Å²) >= 11 is 0. The van der Waals surface area contributed by atoms with Crippen molar-refractivity contribution in [2.75, 3.05) is 18.0 Å². The SMILES string of the molecule is Cc1cc(N2CCC(C(=O)NC3CCC3)CC2)nc(C)n1. The first-order valence-electron chi connectivity index (χ1n) is 7.99. The van der Waals surface area contributed by atoms with Crippen molar-refractivity contribution in [1.82, 2.24) is 15.3 Å². The molecule has 5 nitrogen and oxygen atoms in total. The molecule has 5 heteroatoms. The molecule has 3 rings (SSSR count). The van der Waals surface area contributed by atoms with E-state index >= 15 is 0 Å². The zero-order valence-electron chi connectivity index (χ0n) is 12.9. The van der Waals surface area contributed by atoms with E-state index in [0.29, 0.717) is 6.04 Å². The fourth-order valence-electron chi connectivity index (χ4n) is 3.10. The lowest BCUT2D eigenvalue weighted by atomic mass is 9.90. The number of amides is 1. The van der Waals surface area contributed by atoms with Crippen molar-refractivity contribution in [1.29, 1.82) is 0 Å². The van der Waals surface area contributed by atoms with Gasteiger partial charge in [0, 0.05) is 36.8 Å². The second-order valence-corrected chi connectivity index (χ2v) is 6.31. The number of carbonyl (C=O) groups is 1. The molecule has 1 aromatic rings. The predicted molar refractivity (Wildman–Crippen MR) is 82.2 cm³/mol. The van der Waals surface area contributed by atoms with Gasteiger partial charge >= 0.3 is 0 Å². The van der Waals surface area contributed by atoms with Crippen molar-refractivity contribution in [3.05, 3.63) is 17.6 Å². The highest BCUT2D eigenvalue weighted by Crippen LogP contribution is 2.24. The van der Waals surface area contributed by atoms with Gasteiger partial charge < -0.3 is 10.2 Å². The van der Waals surface area contributed by atoms with E-state index < -0.39 is 0 Å². The fourth-order valence-corrected chi connectivity index (χ4v) is 3.10. The van der Waals surface area contributed by atoms with Gasteiger partial charge in [-0.25, -0.2) is 9.97 Å². The summed E-state index contributed by atoms with van der Waals surface area (Å²) in [6.07, 6.45) is 5.41. The quantitative estimate of drug-likeness (QED) is 0.924. The molecular formula is C16H24N4O. The molecule has 1 saturated carbocycles. The molecule has 0 bridgehead atoms. The summed E-state index contributed by atoms with van der Waals surface area (Å²) in [4.78, 5) is 23.3. The third kappa shape index (κ3) is 3.34. The van der Waals surface area contributed by atoms with Gasteiger partial charge in [-0.1, -0.05) is 0 Å². The Morgan fingerprint density at radius 3 is 2.48 bits per heavy atom. The van der Waals surface area contributed by atoms with Crippen LogP contribution in [0.4, 0.5) is 5.82 Å². The van der Waals surface area contributed by atoms with E-state index in [4.69, 9.17) is 0 Å². The standard InChI is InChI=1S/C16H24N4O/c1-11-10-15(18-12(2)17-11)20-8-6-13(7-9-20)16(21)19-14-4-3-5-14/h10,13-14H,3-9H2,1-2H3,(H,19,21). The highest BCUT2D eigenvalue weighted by atomic mass is 16.1. The van der Waals surface area contributed by atoms with Crippen molar-refractivity contribution in [2.24, 2.45) is 5.92 Å². The van der Waals surface area contributed by atoms with Gasteiger partial charge in [0.05, 0.1) is 0 Å². The molecule has 114 valence electrons. The van der Waals surface area contributed by atoms with Crippen LogP contribution >= 0.6 is 0 Å². The molecule has 1 aliphatic carbocycles. The predicted octanol–water partition coefficient (Wildman–Crippen LogP) is 1.98. The highest BCUT2D eigenvalue weighted by Gasteiger charge is 2.28. The Hall–Kier alpha value is -1.65. The Balaban J connectivity index is 1.55. The number of aromatic nitrogens is 2. The third-order valence-electron chi connectivity index (χ3n) is 4.59. The minimum atomic E-state index is 0.172. The molecule has 0 radical (unpaired) electrons. The molecule has 2 aliphatic rings. The van der Waals surface area contributed by atoms with E-state index in [0.717, 1.165) is 56.1 Å². The number of piperidine rings is 1. The first-order valence-corrected chi connectivity index (χ1v) is 7.99. The number of hydrogen-bond acceptors (Lipinski definition) is 4. The lowest BCUT2D eigenvalue weighted by Crippen LogP contribution is -2.46. The summed E-state index contributed by atoms with van der Waals surface area (Å²) in [5.41, 5.74) is 1.00. The van der Waals surface area contributed by atoms with E-state index in [2.05, 4.69) is 20.2 Å². The molecule has 0 spiro atoms. The number of rotatable bonds is 3. The molecule has 0 unspecified atom stereocenters. The van der Waals surface area contributed by atoms with Crippen LogP contribution in [0.1, 0.15) is 43.6 Å². The van der Waals surface area contributed by atoms with Crippen molar-refractivity contribution >= 4 is 11.7 Å². The maximum absolute atomic E-state index is 12.2. The van der Waals surface area contributed by atoms with Crippen LogP contribution in [0.15, 0.2) is 6.07 Å². The maximum Gasteiger partial charge on any atom is 0.223 e. The Morgan fingerprint density at radius 1 is 1.19 bits per heavy atom. The average Bonchev–Trinajstić information content (AvgIpc) is 2.42. The number of nitrogens with zero attached hydrogens (tertiary/aromatic N) is 3. The summed E-state index contributed by atoms with van der Waals surface area (Å²) in [5.74, 6) is 2.24. The third-order valence-corrected chi connectivity index (χ3v) is 4.59. The Morgan fingerprint density at radius 2 is 1.90 bits per heavy atom. The Bertz CT molecular complexity index is 499.